The van der Waals surface area contributed by atoms with E-state index < -0.39 is 11.7 Å². The smallest absolute Gasteiger partial charge is 0.317 e. The first-order valence-corrected chi connectivity index (χ1v) is 5.91. The maximum atomic E-state index is 12.4. The zero-order chi connectivity index (χ0) is 13.6. The fourth-order valence-corrected chi connectivity index (χ4v) is 1.78. The molecule has 1 nitrogen and oxygen atoms in total. The standard InChI is InChI=1S/C14H18F3N/c1-3-4-5-13(18-2)10-11-6-8-12(9-7-11)14(15,16)17/h3,6-9,13,18H,1,4-5,10H2,2H3. The molecule has 18 heavy (non-hydrogen) atoms. The summed E-state index contributed by atoms with van der Waals surface area (Å²) in [4.78, 5) is 0. The van der Waals surface area contributed by atoms with E-state index in [2.05, 4.69) is 11.9 Å². The van der Waals surface area contributed by atoms with Gasteiger partial charge in [-0.25, -0.2) is 0 Å². The molecule has 0 bridgehead atoms. The predicted octanol–water partition coefficient (Wildman–Crippen LogP) is 3.80. The quantitative estimate of drug-likeness (QED) is 0.764. The van der Waals surface area contributed by atoms with Crippen LogP contribution in [-0.4, -0.2) is 13.1 Å². The van der Waals surface area contributed by atoms with Gasteiger partial charge in [-0.1, -0.05) is 18.2 Å². The Morgan fingerprint density at radius 1 is 1.28 bits per heavy atom. The minimum absolute atomic E-state index is 0.264. The molecule has 0 spiro atoms. The van der Waals surface area contributed by atoms with E-state index in [1.165, 1.54) is 0 Å². The lowest BCUT2D eigenvalue weighted by Crippen LogP contribution is -2.27. The Balaban J connectivity index is 2.64. The van der Waals surface area contributed by atoms with Gasteiger partial charge >= 0.3 is 6.18 Å². The molecular weight excluding hydrogens is 239 g/mol. The van der Waals surface area contributed by atoms with Gasteiger partial charge in [0.1, 0.15) is 0 Å². The van der Waals surface area contributed by atoms with Gasteiger partial charge in [-0.2, -0.15) is 13.2 Å². The van der Waals surface area contributed by atoms with E-state index in [0.29, 0.717) is 0 Å². The van der Waals surface area contributed by atoms with Crippen molar-refractivity contribution >= 4 is 0 Å². The van der Waals surface area contributed by atoms with Crippen molar-refractivity contribution in [1.29, 1.82) is 0 Å². The molecule has 1 aromatic rings. The number of hydrogen-bond donors (Lipinski definition) is 1. The Morgan fingerprint density at radius 3 is 2.33 bits per heavy atom. The van der Waals surface area contributed by atoms with Crippen LogP contribution in [0, 0.1) is 0 Å². The molecule has 1 N–H and O–H groups in total. The molecule has 0 radical (unpaired) electrons. The summed E-state index contributed by atoms with van der Waals surface area (Å²) < 4.78 is 37.2. The summed E-state index contributed by atoms with van der Waals surface area (Å²) in [5, 5.41) is 3.16. The summed E-state index contributed by atoms with van der Waals surface area (Å²) in [6, 6.07) is 5.62. The molecule has 0 aromatic heterocycles. The maximum Gasteiger partial charge on any atom is 0.416 e. The Kier molecular flexibility index (Phi) is 5.41. The lowest BCUT2D eigenvalue weighted by atomic mass is 10.0. The van der Waals surface area contributed by atoms with Crippen LogP contribution < -0.4 is 5.32 Å². The fraction of sp³-hybridized carbons (Fsp3) is 0.429. The Hall–Kier alpha value is -1.29. The van der Waals surface area contributed by atoms with Crippen LogP contribution in [0.3, 0.4) is 0 Å². The number of hydrogen-bond acceptors (Lipinski definition) is 1. The Labute approximate surface area is 106 Å². The summed E-state index contributed by atoms with van der Waals surface area (Å²) in [5.41, 5.74) is 0.310. The zero-order valence-corrected chi connectivity index (χ0v) is 10.4. The van der Waals surface area contributed by atoms with Crippen molar-refractivity contribution in [3.63, 3.8) is 0 Å². The number of benzene rings is 1. The Morgan fingerprint density at radius 2 is 1.89 bits per heavy atom. The number of nitrogens with one attached hydrogen (secondary N) is 1. The fourth-order valence-electron chi connectivity index (χ4n) is 1.78. The molecule has 100 valence electrons. The topological polar surface area (TPSA) is 12.0 Å². The summed E-state index contributed by atoms with van der Waals surface area (Å²) >= 11 is 0. The van der Waals surface area contributed by atoms with Crippen molar-refractivity contribution in [2.24, 2.45) is 0 Å². The predicted molar refractivity (Wildman–Crippen MR) is 67.4 cm³/mol. The number of alkyl halides is 3. The lowest BCUT2D eigenvalue weighted by molar-refractivity contribution is -0.137. The third-order valence-corrected chi connectivity index (χ3v) is 2.89. The third-order valence-electron chi connectivity index (χ3n) is 2.89. The molecule has 0 saturated heterocycles. The number of halogens is 3. The van der Waals surface area contributed by atoms with Gasteiger partial charge < -0.3 is 5.32 Å². The van der Waals surface area contributed by atoms with Crippen LogP contribution >= 0.6 is 0 Å². The van der Waals surface area contributed by atoms with Crippen LogP contribution in [-0.2, 0) is 12.6 Å². The average Bonchev–Trinajstić information content (AvgIpc) is 2.34. The average molecular weight is 257 g/mol. The second-order valence-corrected chi connectivity index (χ2v) is 4.25. The minimum Gasteiger partial charge on any atom is -0.317 e. The van der Waals surface area contributed by atoms with Gasteiger partial charge in [0.15, 0.2) is 0 Å². The molecule has 1 atom stereocenters. The molecule has 0 fully saturated rings. The van der Waals surface area contributed by atoms with Crippen LogP contribution in [0.1, 0.15) is 24.0 Å². The molecule has 0 saturated carbocycles. The molecule has 0 aliphatic rings. The summed E-state index contributed by atoms with van der Waals surface area (Å²) in [5.74, 6) is 0. The van der Waals surface area contributed by atoms with Crippen molar-refractivity contribution in [1.82, 2.24) is 5.32 Å². The van der Waals surface area contributed by atoms with Gasteiger partial charge in [0, 0.05) is 6.04 Å². The molecule has 0 aliphatic carbocycles. The van der Waals surface area contributed by atoms with E-state index >= 15 is 0 Å². The molecule has 0 heterocycles. The van der Waals surface area contributed by atoms with E-state index in [1.54, 1.807) is 12.1 Å². The van der Waals surface area contributed by atoms with E-state index in [0.717, 1.165) is 37.0 Å². The van der Waals surface area contributed by atoms with Crippen molar-refractivity contribution < 1.29 is 13.2 Å². The highest BCUT2D eigenvalue weighted by atomic mass is 19.4. The minimum atomic E-state index is -4.26. The lowest BCUT2D eigenvalue weighted by Gasteiger charge is -2.15. The first-order chi connectivity index (χ1) is 8.47. The highest BCUT2D eigenvalue weighted by Crippen LogP contribution is 2.29. The second kappa shape index (κ2) is 6.59. The molecule has 0 aliphatic heterocycles. The van der Waals surface area contributed by atoms with Crippen LogP contribution in [0.15, 0.2) is 36.9 Å². The van der Waals surface area contributed by atoms with Gasteiger partial charge in [0.05, 0.1) is 5.56 Å². The molecule has 0 amide bonds. The summed E-state index contributed by atoms with van der Waals surface area (Å²) in [6.45, 7) is 3.66. The molecule has 1 unspecified atom stereocenters. The monoisotopic (exact) mass is 257 g/mol. The summed E-state index contributed by atoms with van der Waals surface area (Å²) in [7, 11) is 1.86. The molecular formula is C14H18F3N. The largest absolute Gasteiger partial charge is 0.416 e. The number of likely N-dealkylation sites (N-methyl/N-ethyl adjacent to an activating group) is 1. The van der Waals surface area contributed by atoms with Gasteiger partial charge in [-0.15, -0.1) is 6.58 Å². The van der Waals surface area contributed by atoms with Crippen LogP contribution in [0.4, 0.5) is 13.2 Å². The molecule has 1 rings (SSSR count). The van der Waals surface area contributed by atoms with Crippen LogP contribution in [0.25, 0.3) is 0 Å². The maximum absolute atomic E-state index is 12.4. The Bertz CT molecular complexity index is 368. The normalized spacial score (nSPS) is 13.3. The van der Waals surface area contributed by atoms with Gasteiger partial charge in [0.25, 0.3) is 0 Å². The van der Waals surface area contributed by atoms with Gasteiger partial charge in [0.2, 0.25) is 0 Å². The van der Waals surface area contributed by atoms with E-state index in [4.69, 9.17) is 0 Å². The second-order valence-electron chi connectivity index (χ2n) is 4.25. The van der Waals surface area contributed by atoms with Gasteiger partial charge in [-0.05, 0) is 44.0 Å². The van der Waals surface area contributed by atoms with Crippen molar-refractivity contribution in [2.45, 2.75) is 31.5 Å². The highest BCUT2D eigenvalue weighted by molar-refractivity contribution is 5.25. The first kappa shape index (κ1) is 14.8. The van der Waals surface area contributed by atoms with Crippen molar-refractivity contribution in [3.8, 4) is 0 Å². The number of allylic oxidation sites excluding steroid dienone is 1. The van der Waals surface area contributed by atoms with E-state index in [-0.39, 0.29) is 6.04 Å². The summed E-state index contributed by atoms with van der Waals surface area (Å²) in [6.07, 6.45) is 0.135. The van der Waals surface area contributed by atoms with Crippen molar-refractivity contribution in [3.05, 3.63) is 48.0 Å². The highest BCUT2D eigenvalue weighted by Gasteiger charge is 2.29. The van der Waals surface area contributed by atoms with Crippen molar-refractivity contribution in [2.75, 3.05) is 7.05 Å². The third kappa shape index (κ3) is 4.53. The van der Waals surface area contributed by atoms with Gasteiger partial charge in [-0.3, -0.25) is 0 Å². The first-order valence-electron chi connectivity index (χ1n) is 5.91. The molecule has 1 aromatic carbocycles. The van der Waals surface area contributed by atoms with Crippen LogP contribution in [0.5, 0.6) is 0 Å². The molecule has 4 heteroatoms. The van der Waals surface area contributed by atoms with E-state index in [9.17, 15) is 13.2 Å². The van der Waals surface area contributed by atoms with Crippen LogP contribution in [0.2, 0.25) is 0 Å². The SMILES string of the molecule is C=CCCC(Cc1ccc(C(F)(F)F)cc1)NC. The van der Waals surface area contributed by atoms with E-state index in [1.807, 2.05) is 13.1 Å². The zero-order valence-electron chi connectivity index (χ0n) is 10.4. The number of rotatable bonds is 6.